The van der Waals surface area contributed by atoms with Crippen molar-refractivity contribution in [3.63, 3.8) is 0 Å². The zero-order valence-corrected chi connectivity index (χ0v) is 7.66. The van der Waals surface area contributed by atoms with E-state index in [2.05, 4.69) is 9.97 Å². The molecule has 0 unspecified atom stereocenters. The van der Waals surface area contributed by atoms with E-state index in [-0.39, 0.29) is 11.2 Å². The van der Waals surface area contributed by atoms with Crippen LogP contribution in [0.5, 0.6) is 0 Å². The number of carbonyl (C=O) groups is 1. The van der Waals surface area contributed by atoms with Gasteiger partial charge in [0.05, 0.1) is 18.1 Å². The van der Waals surface area contributed by atoms with Crippen molar-refractivity contribution >= 4 is 23.2 Å². The van der Waals surface area contributed by atoms with E-state index in [4.69, 9.17) is 11.6 Å². The highest BCUT2D eigenvalue weighted by atomic mass is 35.5. The lowest BCUT2D eigenvalue weighted by Gasteiger charge is -2.13. The Labute approximate surface area is 80.5 Å². The first-order valence-corrected chi connectivity index (χ1v) is 4.43. The number of carbonyl (C=O) groups excluding carboxylic acids is 1. The maximum Gasteiger partial charge on any atom is 0.227 e. The molecule has 1 fully saturated rings. The lowest BCUT2D eigenvalue weighted by Crippen LogP contribution is -2.23. The standard InChI is InChI=1S/C8H8ClN3O/c9-8-10-4-6(5-11-8)12-3-1-2-7(12)13/h4-5H,1-3H2. The van der Waals surface area contributed by atoms with Gasteiger partial charge >= 0.3 is 0 Å². The molecule has 0 spiro atoms. The zero-order chi connectivity index (χ0) is 9.26. The maximum absolute atomic E-state index is 11.3. The van der Waals surface area contributed by atoms with Gasteiger partial charge in [-0.2, -0.15) is 0 Å². The minimum Gasteiger partial charge on any atom is -0.310 e. The first-order valence-electron chi connectivity index (χ1n) is 4.05. The Balaban J connectivity index is 2.25. The number of nitrogens with zero attached hydrogens (tertiary/aromatic N) is 3. The summed E-state index contributed by atoms with van der Waals surface area (Å²) in [6.45, 7) is 0.754. The Bertz CT molecular complexity index is 325. The number of amides is 1. The van der Waals surface area contributed by atoms with Crippen molar-refractivity contribution in [2.24, 2.45) is 0 Å². The Morgan fingerprint density at radius 2 is 2.08 bits per heavy atom. The first kappa shape index (κ1) is 8.44. The fourth-order valence-electron chi connectivity index (χ4n) is 1.37. The van der Waals surface area contributed by atoms with Gasteiger partial charge in [-0.1, -0.05) is 0 Å². The quantitative estimate of drug-likeness (QED) is 0.637. The van der Waals surface area contributed by atoms with Crippen molar-refractivity contribution in [1.29, 1.82) is 0 Å². The van der Waals surface area contributed by atoms with E-state index in [1.807, 2.05) is 0 Å². The molecule has 0 radical (unpaired) electrons. The van der Waals surface area contributed by atoms with E-state index < -0.39 is 0 Å². The predicted octanol–water partition coefficient (Wildman–Crippen LogP) is 1.26. The molecule has 1 aliphatic rings. The molecular formula is C8H8ClN3O. The maximum atomic E-state index is 11.3. The molecule has 0 N–H and O–H groups in total. The highest BCUT2D eigenvalue weighted by Crippen LogP contribution is 2.19. The molecule has 5 heteroatoms. The van der Waals surface area contributed by atoms with Gasteiger partial charge in [0.2, 0.25) is 11.2 Å². The Morgan fingerprint density at radius 3 is 2.62 bits per heavy atom. The number of aromatic nitrogens is 2. The Morgan fingerprint density at radius 1 is 1.38 bits per heavy atom. The van der Waals surface area contributed by atoms with E-state index >= 15 is 0 Å². The molecule has 0 aliphatic carbocycles. The average molecular weight is 198 g/mol. The first-order chi connectivity index (χ1) is 6.27. The molecule has 2 heterocycles. The minimum atomic E-state index is 0.130. The molecule has 1 aliphatic heterocycles. The predicted molar refractivity (Wildman–Crippen MR) is 48.6 cm³/mol. The third-order valence-electron chi connectivity index (χ3n) is 1.99. The normalized spacial score (nSPS) is 16.7. The van der Waals surface area contributed by atoms with Gasteiger partial charge < -0.3 is 4.90 Å². The molecule has 2 rings (SSSR count). The molecule has 0 atom stereocenters. The molecular weight excluding hydrogens is 190 g/mol. The topological polar surface area (TPSA) is 46.1 Å². The lowest BCUT2D eigenvalue weighted by atomic mass is 10.4. The van der Waals surface area contributed by atoms with Gasteiger partial charge in [0.25, 0.3) is 0 Å². The second-order valence-electron chi connectivity index (χ2n) is 2.86. The van der Waals surface area contributed by atoms with Crippen molar-refractivity contribution in [1.82, 2.24) is 9.97 Å². The fraction of sp³-hybridized carbons (Fsp3) is 0.375. The van der Waals surface area contributed by atoms with Crippen LogP contribution in [-0.2, 0) is 4.79 Å². The van der Waals surface area contributed by atoms with Crippen LogP contribution in [0.3, 0.4) is 0 Å². The molecule has 4 nitrogen and oxygen atoms in total. The van der Waals surface area contributed by atoms with Crippen molar-refractivity contribution in [3.8, 4) is 0 Å². The summed E-state index contributed by atoms with van der Waals surface area (Å²) in [6, 6.07) is 0. The van der Waals surface area contributed by atoms with Gasteiger partial charge in [0.1, 0.15) is 0 Å². The summed E-state index contributed by atoms with van der Waals surface area (Å²) in [7, 11) is 0. The van der Waals surface area contributed by atoms with Crippen LogP contribution < -0.4 is 4.90 Å². The summed E-state index contributed by atoms with van der Waals surface area (Å²) in [4.78, 5) is 20.6. The zero-order valence-electron chi connectivity index (χ0n) is 6.90. The van der Waals surface area contributed by atoms with Crippen LogP contribution in [0.1, 0.15) is 12.8 Å². The number of hydrogen-bond donors (Lipinski definition) is 0. The second-order valence-corrected chi connectivity index (χ2v) is 3.20. The molecule has 1 aromatic rings. The summed E-state index contributed by atoms with van der Waals surface area (Å²) < 4.78 is 0. The van der Waals surface area contributed by atoms with Gasteiger partial charge in [-0.05, 0) is 18.0 Å². The SMILES string of the molecule is O=C1CCCN1c1cnc(Cl)nc1. The largest absolute Gasteiger partial charge is 0.310 e. The lowest BCUT2D eigenvalue weighted by molar-refractivity contribution is -0.117. The van der Waals surface area contributed by atoms with E-state index in [9.17, 15) is 4.79 Å². The smallest absolute Gasteiger partial charge is 0.227 e. The monoisotopic (exact) mass is 197 g/mol. The van der Waals surface area contributed by atoms with E-state index in [1.54, 1.807) is 17.3 Å². The van der Waals surface area contributed by atoms with Crippen LogP contribution in [0.25, 0.3) is 0 Å². The van der Waals surface area contributed by atoms with Crippen molar-refractivity contribution in [3.05, 3.63) is 17.7 Å². The van der Waals surface area contributed by atoms with Crippen molar-refractivity contribution in [2.45, 2.75) is 12.8 Å². The van der Waals surface area contributed by atoms with Crippen LogP contribution in [-0.4, -0.2) is 22.4 Å². The summed E-state index contributed by atoms with van der Waals surface area (Å²) in [5.41, 5.74) is 0.729. The van der Waals surface area contributed by atoms with E-state index in [1.165, 1.54) is 0 Å². The molecule has 13 heavy (non-hydrogen) atoms. The van der Waals surface area contributed by atoms with Crippen molar-refractivity contribution in [2.75, 3.05) is 11.4 Å². The van der Waals surface area contributed by atoms with Gasteiger partial charge in [0, 0.05) is 13.0 Å². The van der Waals surface area contributed by atoms with Gasteiger partial charge in [-0.3, -0.25) is 4.79 Å². The van der Waals surface area contributed by atoms with Gasteiger partial charge in [0.15, 0.2) is 0 Å². The third-order valence-corrected chi connectivity index (χ3v) is 2.19. The number of halogens is 1. The molecule has 68 valence electrons. The third kappa shape index (κ3) is 1.62. The highest BCUT2D eigenvalue weighted by Gasteiger charge is 2.21. The summed E-state index contributed by atoms with van der Waals surface area (Å²) in [5.74, 6) is 0.130. The number of rotatable bonds is 1. The fourth-order valence-corrected chi connectivity index (χ4v) is 1.46. The van der Waals surface area contributed by atoms with Crippen LogP contribution in [0.4, 0.5) is 5.69 Å². The molecule has 1 saturated heterocycles. The van der Waals surface area contributed by atoms with E-state index in [0.717, 1.165) is 18.7 Å². The van der Waals surface area contributed by atoms with Crippen LogP contribution >= 0.6 is 11.6 Å². The average Bonchev–Trinajstić information content (AvgIpc) is 2.53. The van der Waals surface area contributed by atoms with Gasteiger partial charge in [-0.25, -0.2) is 9.97 Å². The second kappa shape index (κ2) is 3.30. The number of anilines is 1. The summed E-state index contributed by atoms with van der Waals surface area (Å²) >= 11 is 5.53. The molecule has 0 bridgehead atoms. The van der Waals surface area contributed by atoms with Gasteiger partial charge in [-0.15, -0.1) is 0 Å². The van der Waals surface area contributed by atoms with Crippen LogP contribution in [0.15, 0.2) is 12.4 Å². The number of hydrogen-bond acceptors (Lipinski definition) is 3. The van der Waals surface area contributed by atoms with Crippen molar-refractivity contribution < 1.29 is 4.79 Å². The Hall–Kier alpha value is -1.16. The van der Waals surface area contributed by atoms with Crippen LogP contribution in [0.2, 0.25) is 5.28 Å². The summed E-state index contributed by atoms with van der Waals surface area (Å²) in [5, 5.41) is 0.204. The molecule has 0 aromatic carbocycles. The molecule has 1 amide bonds. The minimum absolute atomic E-state index is 0.130. The molecule has 0 saturated carbocycles. The Kier molecular flexibility index (Phi) is 2.14. The molecule has 1 aromatic heterocycles. The summed E-state index contributed by atoms with van der Waals surface area (Å²) in [6.07, 6.45) is 4.65. The van der Waals surface area contributed by atoms with Crippen LogP contribution in [0, 0.1) is 0 Å². The highest BCUT2D eigenvalue weighted by molar-refractivity contribution is 6.28. The van der Waals surface area contributed by atoms with E-state index in [0.29, 0.717) is 6.42 Å².